The lowest BCUT2D eigenvalue weighted by Crippen LogP contribution is -2.34. The van der Waals surface area contributed by atoms with Gasteiger partial charge in [0.1, 0.15) is 12.1 Å². The average Bonchev–Trinajstić information content (AvgIpc) is 2.73. The van der Waals surface area contributed by atoms with Crippen molar-refractivity contribution in [1.82, 2.24) is 0 Å². The van der Waals surface area contributed by atoms with E-state index in [-0.39, 0.29) is 11.4 Å². The number of allylic oxidation sites excluding steroid dienone is 4. The first-order valence-corrected chi connectivity index (χ1v) is 10.4. The second-order valence-corrected chi connectivity index (χ2v) is 8.01. The zero-order valence-electron chi connectivity index (χ0n) is 16.9. The molecule has 2 heterocycles. The van der Waals surface area contributed by atoms with Crippen LogP contribution in [0.15, 0.2) is 45.2 Å². The number of hydrogen-bond acceptors (Lipinski definition) is 5. The van der Waals surface area contributed by atoms with Crippen LogP contribution in [0.1, 0.15) is 55.7 Å². The van der Waals surface area contributed by atoms with Crippen LogP contribution >= 0.6 is 0 Å². The van der Waals surface area contributed by atoms with Gasteiger partial charge in [-0.25, -0.2) is 9.98 Å². The fourth-order valence-corrected chi connectivity index (χ4v) is 4.53. The minimum Gasteiger partial charge on any atom is -0.371 e. The Hall–Kier alpha value is -3.18. The van der Waals surface area contributed by atoms with E-state index in [2.05, 4.69) is 46.1 Å². The molecule has 5 nitrogen and oxygen atoms in total. The summed E-state index contributed by atoms with van der Waals surface area (Å²) in [6.45, 7) is 4.36. The van der Waals surface area contributed by atoms with Crippen LogP contribution in [-0.2, 0) is 12.8 Å². The third kappa shape index (κ3) is 4.15. The second kappa shape index (κ2) is 8.45. The van der Waals surface area contributed by atoms with Gasteiger partial charge in [-0.3, -0.25) is 0 Å². The van der Waals surface area contributed by atoms with Gasteiger partial charge in [0.05, 0.1) is 0 Å². The number of benzene rings is 1. The molecule has 1 aromatic rings. The highest BCUT2D eigenvalue weighted by Crippen LogP contribution is 2.35. The third-order valence-corrected chi connectivity index (χ3v) is 5.81. The summed E-state index contributed by atoms with van der Waals surface area (Å²) in [6.07, 6.45) is 11.2. The molecule has 0 amide bonds. The van der Waals surface area contributed by atoms with Gasteiger partial charge in [0.15, 0.2) is 11.4 Å². The summed E-state index contributed by atoms with van der Waals surface area (Å²) in [5, 5.41) is 19.1. The Morgan fingerprint density at radius 3 is 2.28 bits per heavy atom. The Morgan fingerprint density at radius 2 is 1.66 bits per heavy atom. The van der Waals surface area contributed by atoms with Crippen LogP contribution in [0.3, 0.4) is 0 Å². The largest absolute Gasteiger partial charge is 0.371 e. The minimum absolute atomic E-state index is 0.0737. The van der Waals surface area contributed by atoms with E-state index in [1.807, 2.05) is 6.08 Å². The van der Waals surface area contributed by atoms with Gasteiger partial charge in [0.2, 0.25) is 0 Å². The number of anilines is 1. The highest BCUT2D eigenvalue weighted by Gasteiger charge is 2.23. The minimum atomic E-state index is 0.0737. The molecular weight excluding hydrogens is 358 g/mol. The topological polar surface area (TPSA) is 75.5 Å². The number of rotatable bonds is 3. The van der Waals surface area contributed by atoms with Crippen LogP contribution in [0.5, 0.6) is 0 Å². The van der Waals surface area contributed by atoms with Gasteiger partial charge in [-0.2, -0.15) is 10.5 Å². The molecule has 0 fully saturated rings. The smallest absolute Gasteiger partial charge is 0.177 e. The molecule has 0 saturated carbocycles. The first-order chi connectivity index (χ1) is 14.2. The van der Waals surface area contributed by atoms with Crippen LogP contribution in [0, 0.1) is 22.7 Å². The molecule has 1 aromatic carbocycles. The van der Waals surface area contributed by atoms with Gasteiger partial charge in [0.25, 0.3) is 0 Å². The summed E-state index contributed by atoms with van der Waals surface area (Å²) >= 11 is 0. The van der Waals surface area contributed by atoms with Gasteiger partial charge in [-0.1, -0.05) is 5.57 Å². The predicted molar refractivity (Wildman–Crippen MR) is 116 cm³/mol. The highest BCUT2D eigenvalue weighted by atomic mass is 15.1. The van der Waals surface area contributed by atoms with Gasteiger partial charge >= 0.3 is 0 Å². The van der Waals surface area contributed by atoms with Gasteiger partial charge in [-0.05, 0) is 86.8 Å². The molecule has 4 rings (SSSR count). The van der Waals surface area contributed by atoms with Gasteiger partial charge in [0, 0.05) is 30.7 Å². The maximum absolute atomic E-state index is 9.56. The Bertz CT molecular complexity index is 995. The van der Waals surface area contributed by atoms with Crippen LogP contribution < -0.4 is 4.90 Å². The fraction of sp³-hybridized carbons (Fsp3) is 0.417. The second-order valence-electron chi connectivity index (χ2n) is 8.01. The quantitative estimate of drug-likeness (QED) is 0.564. The number of hydrogen-bond donors (Lipinski definition) is 0. The number of nitriles is 2. The molecule has 0 spiro atoms. The molecule has 0 bridgehead atoms. The van der Waals surface area contributed by atoms with Crippen molar-refractivity contribution in [2.45, 2.75) is 51.9 Å². The SMILES string of the molecule is CC1=CC(=N/C(C#N)=C(\C#N)N=Cc2cc3c4c(c2)CCCN4CCC3)CCC1. The molecule has 2 aliphatic heterocycles. The summed E-state index contributed by atoms with van der Waals surface area (Å²) < 4.78 is 0. The predicted octanol–water partition coefficient (Wildman–Crippen LogP) is 4.63. The summed E-state index contributed by atoms with van der Waals surface area (Å²) in [6, 6.07) is 8.48. The van der Waals surface area contributed by atoms with Crippen molar-refractivity contribution >= 4 is 17.6 Å². The van der Waals surface area contributed by atoms with Crippen molar-refractivity contribution in [2.75, 3.05) is 18.0 Å². The first kappa shape index (κ1) is 19.2. The van der Waals surface area contributed by atoms with E-state index in [0.29, 0.717) is 0 Å². The molecule has 5 heteroatoms. The van der Waals surface area contributed by atoms with Crippen molar-refractivity contribution in [2.24, 2.45) is 9.98 Å². The van der Waals surface area contributed by atoms with Crippen LogP contribution in [0.2, 0.25) is 0 Å². The van der Waals surface area contributed by atoms with E-state index >= 15 is 0 Å². The summed E-state index contributed by atoms with van der Waals surface area (Å²) in [5.74, 6) is 0. The van der Waals surface area contributed by atoms with E-state index in [4.69, 9.17) is 0 Å². The molecule has 0 unspecified atom stereocenters. The molecule has 0 radical (unpaired) electrons. The zero-order valence-corrected chi connectivity index (χ0v) is 16.9. The van der Waals surface area contributed by atoms with E-state index in [1.54, 1.807) is 6.21 Å². The van der Waals surface area contributed by atoms with Gasteiger partial charge < -0.3 is 4.90 Å². The third-order valence-electron chi connectivity index (χ3n) is 5.81. The Morgan fingerprint density at radius 1 is 0.966 bits per heavy atom. The summed E-state index contributed by atoms with van der Waals surface area (Å²) in [5.41, 5.74) is 7.44. The molecule has 146 valence electrons. The number of aryl methyl sites for hydroxylation is 2. The molecule has 0 atom stereocenters. The van der Waals surface area contributed by atoms with Crippen molar-refractivity contribution in [3.63, 3.8) is 0 Å². The van der Waals surface area contributed by atoms with Crippen LogP contribution in [-0.4, -0.2) is 25.0 Å². The van der Waals surface area contributed by atoms with Crippen molar-refractivity contribution in [3.05, 3.63) is 51.9 Å². The summed E-state index contributed by atoms with van der Waals surface area (Å²) in [4.78, 5) is 11.3. The number of nitrogens with zero attached hydrogens (tertiary/aromatic N) is 5. The van der Waals surface area contributed by atoms with Crippen LogP contribution in [0.25, 0.3) is 0 Å². The lowest BCUT2D eigenvalue weighted by molar-refractivity contribution is 0.634. The van der Waals surface area contributed by atoms with Crippen molar-refractivity contribution < 1.29 is 0 Å². The molecule has 0 N–H and O–H groups in total. The maximum atomic E-state index is 9.56. The fourth-order valence-electron chi connectivity index (χ4n) is 4.53. The van der Waals surface area contributed by atoms with E-state index < -0.39 is 0 Å². The van der Waals surface area contributed by atoms with Gasteiger partial charge in [-0.15, -0.1) is 0 Å². The molecule has 1 aliphatic carbocycles. The van der Waals surface area contributed by atoms with Crippen molar-refractivity contribution in [1.29, 1.82) is 10.5 Å². The Labute approximate surface area is 172 Å². The summed E-state index contributed by atoms with van der Waals surface area (Å²) in [7, 11) is 0. The van der Waals surface area contributed by atoms with Crippen molar-refractivity contribution in [3.8, 4) is 12.1 Å². The normalized spacial score (nSPS) is 20.6. The molecule has 0 saturated heterocycles. The lowest BCUT2D eigenvalue weighted by Gasteiger charge is -2.37. The van der Waals surface area contributed by atoms with E-state index in [9.17, 15) is 10.5 Å². The Balaban J connectivity index is 1.66. The monoisotopic (exact) mass is 383 g/mol. The molecule has 29 heavy (non-hydrogen) atoms. The molecule has 0 aromatic heterocycles. The standard InChI is InChI=1S/C24H25N5/c1-17-5-2-8-21(11-17)28-23(15-26)22(14-25)27-16-18-12-19-6-3-9-29-10-4-7-20(13-18)24(19)29/h11-13,16H,2-10H2,1H3/b23-22+,27-16?,28-21?. The lowest BCUT2D eigenvalue weighted by atomic mass is 9.90. The first-order valence-electron chi connectivity index (χ1n) is 10.4. The van der Waals surface area contributed by atoms with Crippen LogP contribution in [0.4, 0.5) is 5.69 Å². The maximum Gasteiger partial charge on any atom is 0.177 e. The molecule has 3 aliphatic rings. The number of aliphatic imine (C=N–C) groups is 2. The highest BCUT2D eigenvalue weighted by molar-refractivity contribution is 5.97. The average molecular weight is 383 g/mol. The zero-order chi connectivity index (χ0) is 20.2. The van der Waals surface area contributed by atoms with E-state index in [1.165, 1.54) is 35.2 Å². The molecular formula is C24H25N5. The van der Waals surface area contributed by atoms with E-state index in [0.717, 1.165) is 56.5 Å². The Kier molecular flexibility index (Phi) is 5.58.